The SMILES string of the molecule is O=C(N[C@H]1CCSc2ccccc21)c1ccc(Br)c(S(=O)(=O)N2CCOCC2)c1. The van der Waals surface area contributed by atoms with Crippen LogP contribution in [0.4, 0.5) is 0 Å². The maximum absolute atomic E-state index is 13.0. The first kappa shape index (κ1) is 20.9. The fourth-order valence-electron chi connectivity index (χ4n) is 3.50. The van der Waals surface area contributed by atoms with E-state index in [1.165, 1.54) is 15.3 Å². The minimum atomic E-state index is -3.71. The topological polar surface area (TPSA) is 75.7 Å². The lowest BCUT2D eigenvalue weighted by atomic mass is 10.0. The van der Waals surface area contributed by atoms with Crippen LogP contribution in [0.25, 0.3) is 0 Å². The van der Waals surface area contributed by atoms with Crippen molar-refractivity contribution in [1.82, 2.24) is 9.62 Å². The Morgan fingerprint density at radius 1 is 1.17 bits per heavy atom. The van der Waals surface area contributed by atoms with E-state index >= 15 is 0 Å². The van der Waals surface area contributed by atoms with Crippen LogP contribution in [0.5, 0.6) is 0 Å². The summed E-state index contributed by atoms with van der Waals surface area (Å²) in [6, 6.07) is 12.7. The Bertz CT molecular complexity index is 1020. The number of hydrogen-bond donors (Lipinski definition) is 1. The van der Waals surface area contributed by atoms with E-state index in [1.807, 2.05) is 18.2 Å². The van der Waals surface area contributed by atoms with E-state index in [2.05, 4.69) is 27.3 Å². The number of hydrogen-bond acceptors (Lipinski definition) is 5. The molecule has 1 atom stereocenters. The molecule has 1 fully saturated rings. The van der Waals surface area contributed by atoms with Gasteiger partial charge in [0.1, 0.15) is 0 Å². The molecule has 9 heteroatoms. The summed E-state index contributed by atoms with van der Waals surface area (Å²) in [5.41, 5.74) is 1.44. The van der Waals surface area contributed by atoms with E-state index in [1.54, 1.807) is 23.9 Å². The van der Waals surface area contributed by atoms with E-state index in [0.717, 1.165) is 17.7 Å². The van der Waals surface area contributed by atoms with Crippen LogP contribution in [-0.2, 0) is 14.8 Å². The van der Waals surface area contributed by atoms with Crippen molar-refractivity contribution in [1.29, 1.82) is 0 Å². The second-order valence-corrected chi connectivity index (χ2v) is 10.8. The minimum Gasteiger partial charge on any atom is -0.379 e. The Hall–Kier alpha value is -1.39. The highest BCUT2D eigenvalue weighted by molar-refractivity contribution is 9.10. The van der Waals surface area contributed by atoms with Crippen LogP contribution < -0.4 is 5.32 Å². The Kier molecular flexibility index (Phi) is 6.31. The maximum Gasteiger partial charge on any atom is 0.251 e. The highest BCUT2D eigenvalue weighted by atomic mass is 79.9. The molecule has 29 heavy (non-hydrogen) atoms. The van der Waals surface area contributed by atoms with E-state index in [4.69, 9.17) is 4.74 Å². The van der Waals surface area contributed by atoms with E-state index in [-0.39, 0.29) is 16.8 Å². The zero-order valence-electron chi connectivity index (χ0n) is 15.6. The number of amides is 1. The summed E-state index contributed by atoms with van der Waals surface area (Å²) < 4.78 is 33.2. The Balaban J connectivity index is 1.58. The minimum absolute atomic E-state index is 0.0807. The average molecular weight is 497 g/mol. The van der Waals surface area contributed by atoms with Crippen molar-refractivity contribution < 1.29 is 17.9 Å². The summed E-state index contributed by atoms with van der Waals surface area (Å²) in [5.74, 6) is 0.654. The number of thioether (sulfide) groups is 1. The van der Waals surface area contributed by atoms with Gasteiger partial charge in [-0.2, -0.15) is 4.31 Å². The van der Waals surface area contributed by atoms with Gasteiger partial charge in [-0.25, -0.2) is 8.42 Å². The van der Waals surface area contributed by atoms with Crippen molar-refractivity contribution in [3.8, 4) is 0 Å². The number of carbonyl (C=O) groups excluding carboxylic acids is 1. The number of fused-ring (bicyclic) bond motifs is 1. The molecule has 6 nitrogen and oxygen atoms in total. The van der Waals surface area contributed by atoms with Gasteiger partial charge >= 0.3 is 0 Å². The lowest BCUT2D eigenvalue weighted by molar-refractivity contribution is 0.0730. The molecule has 1 amide bonds. The van der Waals surface area contributed by atoms with Crippen LogP contribution in [0, 0.1) is 0 Å². The number of morpholine rings is 1. The van der Waals surface area contributed by atoms with E-state index < -0.39 is 10.0 Å². The molecule has 2 aromatic rings. The number of nitrogens with zero attached hydrogens (tertiary/aromatic N) is 1. The Morgan fingerprint density at radius 2 is 1.93 bits per heavy atom. The second-order valence-electron chi connectivity index (χ2n) is 6.86. The molecule has 1 N–H and O–H groups in total. The highest BCUT2D eigenvalue weighted by Gasteiger charge is 2.29. The number of nitrogens with one attached hydrogen (secondary N) is 1. The van der Waals surface area contributed by atoms with Crippen LogP contribution >= 0.6 is 27.7 Å². The molecule has 2 aromatic carbocycles. The van der Waals surface area contributed by atoms with Crippen LogP contribution in [0.1, 0.15) is 28.4 Å². The normalized spacial score (nSPS) is 20.1. The van der Waals surface area contributed by atoms with Crippen LogP contribution in [0.3, 0.4) is 0 Å². The van der Waals surface area contributed by atoms with Gasteiger partial charge < -0.3 is 10.1 Å². The number of rotatable bonds is 4. The number of carbonyl (C=O) groups is 1. The fourth-order valence-corrected chi connectivity index (χ4v) is 6.99. The molecule has 0 saturated carbocycles. The van der Waals surface area contributed by atoms with Gasteiger partial charge in [0.15, 0.2) is 0 Å². The van der Waals surface area contributed by atoms with Crippen LogP contribution in [0.15, 0.2) is 56.7 Å². The zero-order valence-corrected chi connectivity index (χ0v) is 18.9. The molecule has 1 saturated heterocycles. The summed E-state index contributed by atoms with van der Waals surface area (Å²) in [5, 5.41) is 3.07. The Labute approximate surface area is 183 Å². The zero-order chi connectivity index (χ0) is 20.4. The molecule has 2 heterocycles. The predicted octanol–water partition coefficient (Wildman–Crippen LogP) is 3.44. The van der Waals surface area contributed by atoms with Gasteiger partial charge in [0, 0.05) is 33.8 Å². The fraction of sp³-hybridized carbons (Fsp3) is 0.350. The summed E-state index contributed by atoms with van der Waals surface area (Å²) >= 11 is 5.12. The third kappa shape index (κ3) is 4.39. The summed E-state index contributed by atoms with van der Waals surface area (Å²) in [7, 11) is -3.71. The molecule has 0 spiro atoms. The third-order valence-corrected chi connectivity index (χ3v) is 9.06. The molecule has 0 unspecified atom stereocenters. The van der Waals surface area contributed by atoms with Crippen molar-refractivity contribution in [2.24, 2.45) is 0 Å². The molecular weight excluding hydrogens is 476 g/mol. The van der Waals surface area contributed by atoms with Gasteiger partial charge in [0.2, 0.25) is 10.0 Å². The average Bonchev–Trinajstić information content (AvgIpc) is 2.75. The van der Waals surface area contributed by atoms with Gasteiger partial charge in [0.05, 0.1) is 24.2 Å². The first-order chi connectivity index (χ1) is 14.0. The number of ether oxygens (including phenoxy) is 1. The molecule has 2 aliphatic rings. The molecule has 0 bridgehead atoms. The van der Waals surface area contributed by atoms with Crippen molar-refractivity contribution in [3.05, 3.63) is 58.1 Å². The molecule has 2 aliphatic heterocycles. The van der Waals surface area contributed by atoms with Gasteiger partial charge in [-0.05, 0) is 52.2 Å². The first-order valence-corrected chi connectivity index (χ1v) is 12.6. The maximum atomic E-state index is 13.0. The standard InChI is InChI=1S/C20H21BrN2O4S2/c21-16-6-5-14(13-19(16)29(25,26)23-8-10-27-11-9-23)20(24)22-17-7-12-28-18-4-2-1-3-15(17)18/h1-6,13,17H,7-12H2,(H,22,24)/t17-/m0/s1. The summed E-state index contributed by atoms with van der Waals surface area (Å²) in [4.78, 5) is 14.2. The molecule has 0 radical (unpaired) electrons. The summed E-state index contributed by atoms with van der Waals surface area (Å²) in [6.07, 6.45) is 0.836. The lowest BCUT2D eigenvalue weighted by Crippen LogP contribution is -2.40. The molecular formula is C20H21BrN2O4S2. The quantitative estimate of drug-likeness (QED) is 0.701. The largest absolute Gasteiger partial charge is 0.379 e. The number of halogens is 1. The lowest BCUT2D eigenvalue weighted by Gasteiger charge is -2.27. The van der Waals surface area contributed by atoms with Crippen LogP contribution in [0.2, 0.25) is 0 Å². The molecule has 154 valence electrons. The van der Waals surface area contributed by atoms with E-state index in [9.17, 15) is 13.2 Å². The third-order valence-electron chi connectivity index (χ3n) is 5.05. The first-order valence-electron chi connectivity index (χ1n) is 9.37. The number of benzene rings is 2. The van der Waals surface area contributed by atoms with Crippen molar-refractivity contribution in [3.63, 3.8) is 0 Å². The molecule has 0 aliphatic carbocycles. The van der Waals surface area contributed by atoms with Crippen LogP contribution in [-0.4, -0.2) is 50.7 Å². The predicted molar refractivity (Wildman–Crippen MR) is 116 cm³/mol. The molecule has 0 aromatic heterocycles. The van der Waals surface area contributed by atoms with Gasteiger partial charge in [-0.15, -0.1) is 11.8 Å². The van der Waals surface area contributed by atoms with Crippen molar-refractivity contribution >= 4 is 43.6 Å². The highest BCUT2D eigenvalue weighted by Crippen LogP contribution is 2.36. The monoisotopic (exact) mass is 496 g/mol. The number of sulfonamides is 1. The summed E-state index contributed by atoms with van der Waals surface area (Å²) in [6.45, 7) is 1.36. The van der Waals surface area contributed by atoms with Crippen molar-refractivity contribution in [2.75, 3.05) is 32.1 Å². The van der Waals surface area contributed by atoms with Gasteiger partial charge in [-0.3, -0.25) is 4.79 Å². The smallest absolute Gasteiger partial charge is 0.251 e. The van der Waals surface area contributed by atoms with Gasteiger partial charge in [0.25, 0.3) is 5.91 Å². The molecule has 4 rings (SSSR count). The van der Waals surface area contributed by atoms with Gasteiger partial charge in [-0.1, -0.05) is 18.2 Å². The van der Waals surface area contributed by atoms with E-state index in [0.29, 0.717) is 36.3 Å². The van der Waals surface area contributed by atoms with Crippen molar-refractivity contribution in [2.45, 2.75) is 22.3 Å². The Morgan fingerprint density at radius 3 is 2.72 bits per heavy atom. The second kappa shape index (κ2) is 8.77.